The van der Waals surface area contributed by atoms with E-state index in [1.807, 2.05) is 23.1 Å². The first-order valence-corrected chi connectivity index (χ1v) is 5.30. The third kappa shape index (κ3) is 1.98. The fourth-order valence-corrected chi connectivity index (χ4v) is 1.73. The van der Waals surface area contributed by atoms with E-state index < -0.39 is 0 Å². The van der Waals surface area contributed by atoms with E-state index in [0.717, 1.165) is 14.9 Å². The second-order valence-corrected chi connectivity index (χ2v) is 4.17. The fourth-order valence-electron chi connectivity index (χ4n) is 1.29. The number of furan rings is 1. The molecule has 2 aromatic rings. The van der Waals surface area contributed by atoms with Gasteiger partial charge >= 0.3 is 0 Å². The van der Waals surface area contributed by atoms with E-state index >= 15 is 0 Å². The number of hydrogen-bond acceptors (Lipinski definition) is 3. The van der Waals surface area contributed by atoms with Crippen molar-refractivity contribution in [3.63, 3.8) is 0 Å². The van der Waals surface area contributed by atoms with Gasteiger partial charge in [0.1, 0.15) is 5.76 Å². The lowest BCUT2D eigenvalue weighted by Crippen LogP contribution is -2.04. The van der Waals surface area contributed by atoms with Crippen molar-refractivity contribution < 1.29 is 4.42 Å². The molecule has 0 spiro atoms. The van der Waals surface area contributed by atoms with E-state index in [-0.39, 0.29) is 0 Å². The molecule has 0 bridgehead atoms. The Bertz CT molecular complexity index is 421. The fraction of sp³-hybridized carbons (Fsp3) is 0.222. The highest BCUT2D eigenvalue weighted by atomic mass is 127. The number of aromatic nitrogens is 2. The third-order valence-electron chi connectivity index (χ3n) is 1.96. The van der Waals surface area contributed by atoms with E-state index in [1.165, 1.54) is 0 Å². The van der Waals surface area contributed by atoms with E-state index in [1.54, 1.807) is 6.26 Å². The molecule has 74 valence electrons. The molecule has 0 aliphatic rings. The van der Waals surface area contributed by atoms with Crippen molar-refractivity contribution in [2.45, 2.75) is 13.1 Å². The minimum Gasteiger partial charge on any atom is -0.468 e. The van der Waals surface area contributed by atoms with Crippen LogP contribution in [-0.4, -0.2) is 9.78 Å². The first-order chi connectivity index (χ1) is 6.79. The first-order valence-electron chi connectivity index (χ1n) is 4.23. The third-order valence-corrected chi connectivity index (χ3v) is 2.51. The summed E-state index contributed by atoms with van der Waals surface area (Å²) < 4.78 is 8.22. The van der Waals surface area contributed by atoms with Gasteiger partial charge in [-0.3, -0.25) is 4.68 Å². The smallest absolute Gasteiger partial charge is 0.122 e. The summed E-state index contributed by atoms with van der Waals surface area (Å²) in [5.74, 6) is 0.829. The lowest BCUT2D eigenvalue weighted by Gasteiger charge is -2.00. The molecule has 0 aliphatic heterocycles. The zero-order valence-corrected chi connectivity index (χ0v) is 9.64. The number of halogens is 1. The Hall–Kier alpha value is -0.820. The highest BCUT2D eigenvalue weighted by molar-refractivity contribution is 14.1. The van der Waals surface area contributed by atoms with Crippen LogP contribution < -0.4 is 5.73 Å². The van der Waals surface area contributed by atoms with Crippen LogP contribution in [0.1, 0.15) is 11.3 Å². The standard InChI is InChI=1S/C9H10IN3O/c10-8-4-12-13(6-8)5-7-1-2-14-9(7)3-11/h1-2,4,6H,3,5,11H2. The molecule has 14 heavy (non-hydrogen) atoms. The molecular weight excluding hydrogens is 293 g/mol. The molecule has 0 amide bonds. The molecule has 0 unspecified atom stereocenters. The van der Waals surface area contributed by atoms with Gasteiger partial charge in [0, 0.05) is 11.8 Å². The van der Waals surface area contributed by atoms with Gasteiger partial charge in [-0.1, -0.05) is 0 Å². The molecule has 0 saturated carbocycles. The van der Waals surface area contributed by atoms with Gasteiger partial charge in [-0.05, 0) is 28.7 Å². The Morgan fingerprint density at radius 1 is 1.57 bits per heavy atom. The maximum atomic E-state index is 5.53. The van der Waals surface area contributed by atoms with Gasteiger partial charge in [0.2, 0.25) is 0 Å². The van der Waals surface area contributed by atoms with Gasteiger partial charge in [-0.25, -0.2) is 0 Å². The van der Waals surface area contributed by atoms with Crippen LogP contribution in [0, 0.1) is 3.57 Å². The highest BCUT2D eigenvalue weighted by Gasteiger charge is 2.05. The summed E-state index contributed by atoms with van der Waals surface area (Å²) in [7, 11) is 0. The predicted molar refractivity (Wildman–Crippen MR) is 60.6 cm³/mol. The minimum absolute atomic E-state index is 0.431. The van der Waals surface area contributed by atoms with Gasteiger partial charge in [0.15, 0.2) is 0 Å². The number of nitrogens with zero attached hydrogens (tertiary/aromatic N) is 2. The SMILES string of the molecule is NCc1occc1Cn1cc(I)cn1. The number of hydrogen-bond donors (Lipinski definition) is 1. The molecule has 2 aromatic heterocycles. The Kier molecular flexibility index (Phi) is 2.87. The summed E-state index contributed by atoms with van der Waals surface area (Å²) in [6, 6.07) is 1.93. The van der Waals surface area contributed by atoms with Crippen LogP contribution in [0.2, 0.25) is 0 Å². The molecule has 0 saturated heterocycles. The van der Waals surface area contributed by atoms with Gasteiger partial charge in [-0.15, -0.1) is 0 Å². The van der Waals surface area contributed by atoms with Gasteiger partial charge < -0.3 is 10.2 Å². The second-order valence-electron chi connectivity index (χ2n) is 2.93. The first kappa shape index (κ1) is 9.72. The maximum absolute atomic E-state index is 5.53. The van der Waals surface area contributed by atoms with Crippen molar-refractivity contribution in [2.75, 3.05) is 0 Å². The summed E-state index contributed by atoms with van der Waals surface area (Å²) in [5, 5.41) is 4.19. The topological polar surface area (TPSA) is 57.0 Å². The Morgan fingerprint density at radius 3 is 3.07 bits per heavy atom. The second kappa shape index (κ2) is 4.14. The summed E-state index contributed by atoms with van der Waals surface area (Å²) in [6.45, 7) is 1.15. The van der Waals surface area contributed by atoms with Crippen LogP contribution in [0.15, 0.2) is 29.1 Å². The van der Waals surface area contributed by atoms with Gasteiger partial charge in [0.25, 0.3) is 0 Å². The van der Waals surface area contributed by atoms with Crippen molar-refractivity contribution in [1.82, 2.24) is 9.78 Å². The quantitative estimate of drug-likeness (QED) is 0.876. The van der Waals surface area contributed by atoms with Crippen molar-refractivity contribution in [1.29, 1.82) is 0 Å². The highest BCUT2D eigenvalue weighted by Crippen LogP contribution is 2.12. The Labute approximate surface area is 95.2 Å². The number of rotatable bonds is 3. The minimum atomic E-state index is 0.431. The molecule has 0 aromatic carbocycles. The van der Waals surface area contributed by atoms with E-state index in [0.29, 0.717) is 13.1 Å². The maximum Gasteiger partial charge on any atom is 0.122 e. The average Bonchev–Trinajstić information content (AvgIpc) is 2.76. The lowest BCUT2D eigenvalue weighted by molar-refractivity contribution is 0.503. The van der Waals surface area contributed by atoms with Crippen molar-refractivity contribution in [3.05, 3.63) is 39.6 Å². The van der Waals surface area contributed by atoms with Crippen molar-refractivity contribution in [3.8, 4) is 0 Å². The zero-order valence-electron chi connectivity index (χ0n) is 7.48. The monoisotopic (exact) mass is 303 g/mol. The molecule has 5 heteroatoms. The van der Waals surface area contributed by atoms with Crippen molar-refractivity contribution >= 4 is 22.6 Å². The van der Waals surface area contributed by atoms with E-state index in [4.69, 9.17) is 10.2 Å². The summed E-state index contributed by atoms with van der Waals surface area (Å²) in [6.07, 6.45) is 5.46. The summed E-state index contributed by atoms with van der Waals surface area (Å²) in [4.78, 5) is 0. The molecule has 4 nitrogen and oxygen atoms in total. The van der Waals surface area contributed by atoms with E-state index in [2.05, 4.69) is 27.7 Å². The molecule has 2 N–H and O–H groups in total. The predicted octanol–water partition coefficient (Wildman–Crippen LogP) is 1.59. The molecule has 0 aliphatic carbocycles. The lowest BCUT2D eigenvalue weighted by atomic mass is 10.2. The molecule has 0 atom stereocenters. The van der Waals surface area contributed by atoms with Gasteiger partial charge in [-0.2, -0.15) is 5.10 Å². The molecule has 2 heterocycles. The normalized spacial score (nSPS) is 10.7. The zero-order chi connectivity index (χ0) is 9.97. The summed E-state index contributed by atoms with van der Waals surface area (Å²) in [5.41, 5.74) is 6.62. The molecule has 0 radical (unpaired) electrons. The number of nitrogens with two attached hydrogens (primary N) is 1. The van der Waals surface area contributed by atoms with Crippen LogP contribution in [0.5, 0.6) is 0 Å². The average molecular weight is 303 g/mol. The van der Waals surface area contributed by atoms with Crippen LogP contribution in [0.4, 0.5) is 0 Å². The van der Waals surface area contributed by atoms with Gasteiger partial charge in [0.05, 0.1) is 29.1 Å². The van der Waals surface area contributed by atoms with Crippen LogP contribution in [-0.2, 0) is 13.1 Å². The summed E-state index contributed by atoms with van der Waals surface area (Å²) >= 11 is 2.23. The van der Waals surface area contributed by atoms with Crippen LogP contribution in [0.25, 0.3) is 0 Å². The Morgan fingerprint density at radius 2 is 2.43 bits per heavy atom. The van der Waals surface area contributed by atoms with Crippen LogP contribution in [0.3, 0.4) is 0 Å². The largest absolute Gasteiger partial charge is 0.468 e. The van der Waals surface area contributed by atoms with E-state index in [9.17, 15) is 0 Å². The molecule has 2 rings (SSSR count). The van der Waals surface area contributed by atoms with Crippen LogP contribution >= 0.6 is 22.6 Å². The van der Waals surface area contributed by atoms with Crippen molar-refractivity contribution in [2.24, 2.45) is 5.73 Å². The molecular formula is C9H10IN3O. The molecule has 0 fully saturated rings. The Balaban J connectivity index is 2.18.